The lowest BCUT2D eigenvalue weighted by Gasteiger charge is -2.35. The van der Waals surface area contributed by atoms with E-state index in [1.165, 1.54) is 0 Å². The Labute approximate surface area is 143 Å². The SMILES string of the molecule is COc1ccc(CCC(=O)N2CCN(C(=O)CC(C)N)CC2)cc1. The summed E-state index contributed by atoms with van der Waals surface area (Å²) in [4.78, 5) is 28.0. The van der Waals surface area contributed by atoms with Crippen LogP contribution in [0.3, 0.4) is 0 Å². The number of hydrogen-bond acceptors (Lipinski definition) is 4. The van der Waals surface area contributed by atoms with Crippen molar-refractivity contribution in [2.24, 2.45) is 5.73 Å². The molecule has 2 N–H and O–H groups in total. The van der Waals surface area contributed by atoms with Gasteiger partial charge in [-0.15, -0.1) is 0 Å². The molecule has 1 heterocycles. The molecule has 24 heavy (non-hydrogen) atoms. The number of methoxy groups -OCH3 is 1. The number of piperazine rings is 1. The largest absolute Gasteiger partial charge is 0.497 e. The second kappa shape index (κ2) is 8.68. The first-order valence-corrected chi connectivity index (χ1v) is 8.43. The highest BCUT2D eigenvalue weighted by atomic mass is 16.5. The van der Waals surface area contributed by atoms with Crippen LogP contribution in [0, 0.1) is 0 Å². The Morgan fingerprint density at radius 3 is 2.12 bits per heavy atom. The van der Waals surface area contributed by atoms with E-state index in [0.717, 1.165) is 11.3 Å². The minimum atomic E-state index is -0.123. The molecule has 0 saturated carbocycles. The number of hydrogen-bond donors (Lipinski definition) is 1. The molecule has 1 aromatic carbocycles. The molecule has 0 aliphatic carbocycles. The standard InChI is InChI=1S/C18H27N3O3/c1-14(19)13-18(23)21-11-9-20(10-12-21)17(22)8-5-15-3-6-16(24-2)7-4-15/h3-4,6-7,14H,5,8-13,19H2,1-2H3. The van der Waals surface area contributed by atoms with Crippen LogP contribution in [0.5, 0.6) is 5.75 Å². The van der Waals surface area contributed by atoms with E-state index in [9.17, 15) is 9.59 Å². The molecule has 132 valence electrons. The van der Waals surface area contributed by atoms with Crippen molar-refractivity contribution >= 4 is 11.8 Å². The zero-order valence-electron chi connectivity index (χ0n) is 14.5. The minimum Gasteiger partial charge on any atom is -0.497 e. The molecular formula is C18H27N3O3. The molecule has 1 aromatic rings. The summed E-state index contributed by atoms with van der Waals surface area (Å²) in [6.07, 6.45) is 1.57. The number of nitrogens with zero attached hydrogens (tertiary/aromatic N) is 2. The summed E-state index contributed by atoms with van der Waals surface area (Å²) >= 11 is 0. The number of amides is 2. The maximum absolute atomic E-state index is 12.3. The van der Waals surface area contributed by atoms with Gasteiger partial charge < -0.3 is 20.3 Å². The molecule has 1 unspecified atom stereocenters. The zero-order valence-corrected chi connectivity index (χ0v) is 14.5. The maximum Gasteiger partial charge on any atom is 0.224 e. The number of carbonyl (C=O) groups is 2. The van der Waals surface area contributed by atoms with Gasteiger partial charge in [-0.2, -0.15) is 0 Å². The lowest BCUT2D eigenvalue weighted by Crippen LogP contribution is -2.51. The molecule has 6 nitrogen and oxygen atoms in total. The fraction of sp³-hybridized carbons (Fsp3) is 0.556. The van der Waals surface area contributed by atoms with Crippen molar-refractivity contribution in [1.29, 1.82) is 0 Å². The first kappa shape index (κ1) is 18.3. The van der Waals surface area contributed by atoms with E-state index in [-0.39, 0.29) is 17.9 Å². The Balaban J connectivity index is 1.75. The summed E-state index contributed by atoms with van der Waals surface area (Å²) in [5.74, 6) is 1.04. The third-order valence-electron chi connectivity index (χ3n) is 4.27. The summed E-state index contributed by atoms with van der Waals surface area (Å²) < 4.78 is 5.13. The predicted molar refractivity (Wildman–Crippen MR) is 92.7 cm³/mol. The average Bonchev–Trinajstić information content (AvgIpc) is 2.59. The van der Waals surface area contributed by atoms with Crippen LogP contribution in [-0.2, 0) is 16.0 Å². The molecule has 1 fully saturated rings. The Morgan fingerprint density at radius 1 is 1.08 bits per heavy atom. The third-order valence-corrected chi connectivity index (χ3v) is 4.27. The number of nitrogens with two attached hydrogens (primary N) is 1. The molecule has 2 rings (SSSR count). The lowest BCUT2D eigenvalue weighted by molar-refractivity contribution is -0.139. The van der Waals surface area contributed by atoms with Gasteiger partial charge in [-0.05, 0) is 31.0 Å². The van der Waals surface area contributed by atoms with E-state index < -0.39 is 0 Å². The van der Waals surface area contributed by atoms with E-state index >= 15 is 0 Å². The topological polar surface area (TPSA) is 75.9 Å². The highest BCUT2D eigenvalue weighted by Crippen LogP contribution is 2.14. The van der Waals surface area contributed by atoms with Crippen molar-refractivity contribution in [3.8, 4) is 5.75 Å². The normalized spacial score (nSPS) is 16.0. The zero-order chi connectivity index (χ0) is 17.5. The predicted octanol–water partition coefficient (Wildman–Crippen LogP) is 1.04. The van der Waals surface area contributed by atoms with Crippen molar-refractivity contribution in [2.45, 2.75) is 32.2 Å². The lowest BCUT2D eigenvalue weighted by atomic mass is 10.1. The second-order valence-electron chi connectivity index (χ2n) is 6.29. The molecule has 1 aliphatic rings. The summed E-state index contributed by atoms with van der Waals surface area (Å²) in [5, 5.41) is 0. The van der Waals surface area contributed by atoms with Crippen molar-refractivity contribution < 1.29 is 14.3 Å². The van der Waals surface area contributed by atoms with Gasteiger partial charge in [0.05, 0.1) is 7.11 Å². The van der Waals surface area contributed by atoms with E-state index in [0.29, 0.717) is 45.4 Å². The van der Waals surface area contributed by atoms with Crippen molar-refractivity contribution in [3.63, 3.8) is 0 Å². The highest BCUT2D eigenvalue weighted by Gasteiger charge is 2.24. The molecule has 6 heteroatoms. The molecule has 0 aromatic heterocycles. The van der Waals surface area contributed by atoms with Crippen LogP contribution in [0.1, 0.15) is 25.3 Å². The van der Waals surface area contributed by atoms with Gasteiger partial charge in [0.15, 0.2) is 0 Å². The third kappa shape index (κ3) is 5.23. The molecule has 2 amide bonds. The monoisotopic (exact) mass is 333 g/mol. The van der Waals surface area contributed by atoms with E-state index in [4.69, 9.17) is 10.5 Å². The first-order valence-electron chi connectivity index (χ1n) is 8.43. The summed E-state index contributed by atoms with van der Waals surface area (Å²) in [6.45, 7) is 4.23. The van der Waals surface area contributed by atoms with Crippen molar-refractivity contribution in [3.05, 3.63) is 29.8 Å². The maximum atomic E-state index is 12.3. The van der Waals surface area contributed by atoms with Gasteiger partial charge in [-0.1, -0.05) is 12.1 Å². The number of benzene rings is 1. The van der Waals surface area contributed by atoms with Gasteiger partial charge in [0, 0.05) is 45.1 Å². The van der Waals surface area contributed by atoms with E-state index in [1.807, 2.05) is 36.1 Å². The van der Waals surface area contributed by atoms with Crippen LogP contribution >= 0.6 is 0 Å². The Morgan fingerprint density at radius 2 is 1.62 bits per heavy atom. The van der Waals surface area contributed by atoms with Gasteiger partial charge in [-0.3, -0.25) is 9.59 Å². The molecule has 1 aliphatic heterocycles. The molecule has 0 spiro atoms. The number of aryl methyl sites for hydroxylation is 1. The van der Waals surface area contributed by atoms with Crippen LogP contribution in [0.25, 0.3) is 0 Å². The van der Waals surface area contributed by atoms with Crippen LogP contribution in [-0.4, -0.2) is 60.9 Å². The average molecular weight is 333 g/mol. The minimum absolute atomic E-state index is 0.0790. The van der Waals surface area contributed by atoms with Crippen LogP contribution in [0.15, 0.2) is 24.3 Å². The fourth-order valence-electron chi connectivity index (χ4n) is 2.81. The van der Waals surface area contributed by atoms with Gasteiger partial charge in [0.1, 0.15) is 5.75 Å². The van der Waals surface area contributed by atoms with Crippen LogP contribution < -0.4 is 10.5 Å². The Kier molecular flexibility index (Phi) is 6.61. The van der Waals surface area contributed by atoms with E-state index in [1.54, 1.807) is 12.0 Å². The van der Waals surface area contributed by atoms with Gasteiger partial charge >= 0.3 is 0 Å². The van der Waals surface area contributed by atoms with Crippen LogP contribution in [0.2, 0.25) is 0 Å². The number of ether oxygens (including phenoxy) is 1. The van der Waals surface area contributed by atoms with Crippen molar-refractivity contribution in [2.75, 3.05) is 33.3 Å². The smallest absolute Gasteiger partial charge is 0.224 e. The number of rotatable bonds is 6. The number of carbonyl (C=O) groups excluding carboxylic acids is 2. The fourth-order valence-corrected chi connectivity index (χ4v) is 2.81. The quantitative estimate of drug-likeness (QED) is 0.844. The van der Waals surface area contributed by atoms with E-state index in [2.05, 4.69) is 0 Å². The van der Waals surface area contributed by atoms with Gasteiger partial charge in [-0.25, -0.2) is 0 Å². The first-order chi connectivity index (χ1) is 11.5. The van der Waals surface area contributed by atoms with Gasteiger partial charge in [0.2, 0.25) is 11.8 Å². The molecule has 0 radical (unpaired) electrons. The molecule has 0 bridgehead atoms. The van der Waals surface area contributed by atoms with Crippen LogP contribution in [0.4, 0.5) is 0 Å². The highest BCUT2D eigenvalue weighted by molar-refractivity contribution is 5.79. The Hall–Kier alpha value is -2.08. The molecule has 1 atom stereocenters. The van der Waals surface area contributed by atoms with Crippen molar-refractivity contribution in [1.82, 2.24) is 9.80 Å². The Bertz CT molecular complexity index is 549. The summed E-state index contributed by atoms with van der Waals surface area (Å²) in [7, 11) is 1.64. The van der Waals surface area contributed by atoms with Gasteiger partial charge in [0.25, 0.3) is 0 Å². The molecule has 1 saturated heterocycles. The molecular weight excluding hydrogens is 306 g/mol. The summed E-state index contributed by atoms with van der Waals surface area (Å²) in [5.41, 5.74) is 6.79. The second-order valence-corrected chi connectivity index (χ2v) is 6.29. The summed E-state index contributed by atoms with van der Waals surface area (Å²) in [6, 6.07) is 7.65.